The predicted octanol–water partition coefficient (Wildman–Crippen LogP) is 2.10. The van der Waals surface area contributed by atoms with Crippen LogP contribution in [0.1, 0.15) is 18.1 Å². The number of halogens is 2. The second-order valence-corrected chi connectivity index (χ2v) is 12.1. The first-order valence-corrected chi connectivity index (χ1v) is 13.8. The van der Waals surface area contributed by atoms with Crippen LogP contribution in [0, 0.1) is 11.8 Å². The fraction of sp³-hybridized carbons (Fsp3) is 0.310. The predicted molar refractivity (Wildman–Crippen MR) is 156 cm³/mol. The number of primary amides is 1. The van der Waals surface area contributed by atoms with Gasteiger partial charge < -0.3 is 36.4 Å². The molecule has 6 unspecified atom stereocenters. The number of rotatable bonds is 4. The lowest BCUT2D eigenvalue weighted by Gasteiger charge is -2.59. The molecule has 2 aromatic carbocycles. The number of nitrogens with zero attached hydrogens (tertiary/aromatic N) is 2. The molecule has 1 fully saturated rings. The Balaban J connectivity index is 2.03. The van der Waals surface area contributed by atoms with Gasteiger partial charge in [0.25, 0.3) is 5.91 Å². The minimum atomic E-state index is -3.11. The van der Waals surface area contributed by atoms with Gasteiger partial charge in [-0.1, -0.05) is 35.3 Å². The van der Waals surface area contributed by atoms with Crippen molar-refractivity contribution >= 4 is 58.2 Å². The first kappa shape index (κ1) is 31.3. The summed E-state index contributed by atoms with van der Waals surface area (Å²) in [4.78, 5) is 56.3. The van der Waals surface area contributed by atoms with E-state index in [0.29, 0.717) is 0 Å². The van der Waals surface area contributed by atoms with E-state index in [1.807, 2.05) is 0 Å². The summed E-state index contributed by atoms with van der Waals surface area (Å²) in [5, 5.41) is 68.5. The van der Waals surface area contributed by atoms with Crippen LogP contribution in [0.4, 0.5) is 10.5 Å². The molecule has 0 aliphatic heterocycles. The lowest BCUT2D eigenvalue weighted by molar-refractivity contribution is -0.153. The van der Waals surface area contributed by atoms with Gasteiger partial charge >= 0.3 is 6.09 Å². The third-order valence-electron chi connectivity index (χ3n) is 8.73. The Bertz CT molecular complexity index is 1740. The molecule has 5 rings (SSSR count). The van der Waals surface area contributed by atoms with Crippen molar-refractivity contribution in [3.63, 3.8) is 0 Å². The number of phenols is 1. The van der Waals surface area contributed by atoms with Gasteiger partial charge in [0, 0.05) is 16.5 Å². The van der Waals surface area contributed by atoms with Crippen LogP contribution in [0.2, 0.25) is 10.0 Å². The molecular weight excluding hydrogens is 621 g/mol. The van der Waals surface area contributed by atoms with E-state index in [1.165, 1.54) is 50.2 Å². The Morgan fingerprint density at radius 2 is 1.68 bits per heavy atom. The third kappa shape index (κ3) is 3.90. The van der Waals surface area contributed by atoms with E-state index >= 15 is 4.79 Å². The molecule has 0 saturated heterocycles. The van der Waals surface area contributed by atoms with Crippen molar-refractivity contribution in [3.05, 3.63) is 74.5 Å². The molecule has 0 aromatic heterocycles. The van der Waals surface area contributed by atoms with Crippen LogP contribution in [0.5, 0.6) is 5.75 Å². The molecule has 0 bridgehead atoms. The summed E-state index contributed by atoms with van der Waals surface area (Å²) in [6.45, 7) is 1.20. The minimum Gasteiger partial charge on any atom is -0.508 e. The van der Waals surface area contributed by atoms with Crippen LogP contribution in [0.3, 0.4) is 0 Å². The Kier molecular flexibility index (Phi) is 7.26. The molecule has 232 valence electrons. The zero-order valence-electron chi connectivity index (χ0n) is 23.3. The molecule has 0 heterocycles. The average molecular weight is 648 g/mol. The van der Waals surface area contributed by atoms with Gasteiger partial charge in [-0.2, -0.15) is 0 Å². The molecule has 2 aromatic rings. The number of aliphatic hydroxyl groups excluding tert-OH is 3. The standard InChI is InChI=1S/C29H27Cl2N3O10/c1-28(44)11-5-4-6-14(35)15(11)21(36)16-18(28)23(38)19-20(33(2)3)22(37)17(26(32)41)25(40)29(19,24(16)39)34(27(42)43)13-9-10(30)7-8-12(13)31/h4-9,18-20,23,35-36,38,40,44H,1-3H3,(H2,32,41)(H,42,43). The number of aliphatic hydroxyl groups is 4. The molecule has 2 amide bonds. The number of aromatic hydroxyl groups is 1. The number of Topliss-reactive ketones (excluding diaryl/α,β-unsaturated/α-hetero) is 2. The summed E-state index contributed by atoms with van der Waals surface area (Å²) < 4.78 is 0. The van der Waals surface area contributed by atoms with Crippen molar-refractivity contribution in [2.75, 3.05) is 19.0 Å². The maximum absolute atomic E-state index is 15.1. The Morgan fingerprint density at radius 1 is 1.05 bits per heavy atom. The zero-order chi connectivity index (χ0) is 32.8. The van der Waals surface area contributed by atoms with Crippen LogP contribution in [0.25, 0.3) is 5.76 Å². The monoisotopic (exact) mass is 647 g/mol. The summed E-state index contributed by atoms with van der Waals surface area (Å²) in [6.07, 6.45) is -4.05. The molecule has 0 spiro atoms. The molecular formula is C29H27Cl2N3O10. The second-order valence-electron chi connectivity index (χ2n) is 11.3. The van der Waals surface area contributed by atoms with E-state index in [1.54, 1.807) is 0 Å². The van der Waals surface area contributed by atoms with Crippen molar-refractivity contribution < 1.29 is 49.8 Å². The number of nitrogens with two attached hydrogens (primary N) is 1. The molecule has 3 aliphatic rings. The SMILES string of the molecule is CN(C)C1C(=O)C(C(N)=O)=C(O)C2(N(C(=O)O)c3cc(Cl)ccc3Cl)C(=O)C3=C(O)c4c(O)cccc4C(C)(O)C3C(O)C12. The van der Waals surface area contributed by atoms with E-state index < -0.39 is 98.4 Å². The molecule has 44 heavy (non-hydrogen) atoms. The summed E-state index contributed by atoms with van der Waals surface area (Å²) >= 11 is 12.6. The van der Waals surface area contributed by atoms with Gasteiger partial charge in [-0.25, -0.2) is 4.79 Å². The number of fused-ring (bicyclic) bond motifs is 3. The highest BCUT2D eigenvalue weighted by atomic mass is 35.5. The molecule has 3 aliphatic carbocycles. The van der Waals surface area contributed by atoms with Crippen molar-refractivity contribution in [1.29, 1.82) is 0 Å². The van der Waals surface area contributed by atoms with Crippen molar-refractivity contribution in [3.8, 4) is 5.75 Å². The van der Waals surface area contributed by atoms with E-state index in [9.17, 15) is 45.0 Å². The normalized spacial score (nSPS) is 29.7. The van der Waals surface area contributed by atoms with Crippen LogP contribution in [-0.2, 0) is 20.0 Å². The van der Waals surface area contributed by atoms with E-state index in [2.05, 4.69) is 0 Å². The number of likely N-dealkylation sites (N-methyl/N-ethyl adjacent to an activating group) is 1. The molecule has 15 heteroatoms. The maximum Gasteiger partial charge on any atom is 0.413 e. The first-order chi connectivity index (χ1) is 20.4. The van der Waals surface area contributed by atoms with Crippen LogP contribution < -0.4 is 10.6 Å². The van der Waals surface area contributed by atoms with E-state index in [-0.39, 0.29) is 20.5 Å². The van der Waals surface area contributed by atoms with Crippen LogP contribution in [-0.4, -0.2) is 90.9 Å². The second kappa shape index (κ2) is 10.2. The van der Waals surface area contributed by atoms with Crippen molar-refractivity contribution in [2.24, 2.45) is 17.6 Å². The molecule has 8 N–H and O–H groups in total. The Hall–Kier alpha value is -4.14. The number of benzene rings is 2. The highest BCUT2D eigenvalue weighted by molar-refractivity contribution is 6.36. The highest BCUT2D eigenvalue weighted by Gasteiger charge is 2.73. The van der Waals surface area contributed by atoms with E-state index in [0.717, 1.165) is 12.1 Å². The number of carbonyl (C=O) groups is 4. The van der Waals surface area contributed by atoms with Crippen molar-refractivity contribution in [2.45, 2.75) is 30.2 Å². The van der Waals surface area contributed by atoms with Gasteiger partial charge in [0.15, 0.2) is 17.1 Å². The minimum absolute atomic E-state index is 0.0681. The number of hydrogen-bond acceptors (Lipinski definition) is 10. The van der Waals surface area contributed by atoms with Crippen molar-refractivity contribution in [1.82, 2.24) is 4.90 Å². The quantitative estimate of drug-likeness (QED) is 0.238. The number of anilines is 1. The number of carboxylic acid groups (broad SMARTS) is 1. The number of hydrogen-bond donors (Lipinski definition) is 7. The Labute approximate surface area is 259 Å². The van der Waals surface area contributed by atoms with Gasteiger partial charge in [-0.3, -0.25) is 24.2 Å². The smallest absolute Gasteiger partial charge is 0.413 e. The fourth-order valence-corrected chi connectivity index (χ4v) is 7.42. The average Bonchev–Trinajstić information content (AvgIpc) is 2.91. The summed E-state index contributed by atoms with van der Waals surface area (Å²) in [6, 6.07) is 5.69. The zero-order valence-corrected chi connectivity index (χ0v) is 24.8. The largest absolute Gasteiger partial charge is 0.508 e. The lowest BCUT2D eigenvalue weighted by atomic mass is 9.51. The number of amides is 2. The number of carbonyl (C=O) groups excluding carboxylic acids is 3. The molecule has 1 saturated carbocycles. The maximum atomic E-state index is 15.1. The summed E-state index contributed by atoms with van der Waals surface area (Å²) in [5.41, 5.74) is -2.72. The fourth-order valence-electron chi connectivity index (χ4n) is 7.05. The summed E-state index contributed by atoms with van der Waals surface area (Å²) in [5.74, 6) is -10.7. The lowest BCUT2D eigenvalue weighted by Crippen LogP contribution is -2.77. The van der Waals surface area contributed by atoms with E-state index in [4.69, 9.17) is 28.9 Å². The third-order valence-corrected chi connectivity index (χ3v) is 9.28. The Morgan fingerprint density at radius 3 is 2.25 bits per heavy atom. The first-order valence-electron chi connectivity index (χ1n) is 13.1. The van der Waals surface area contributed by atoms with Crippen LogP contribution >= 0.6 is 23.2 Å². The van der Waals surface area contributed by atoms with Gasteiger partial charge in [0.05, 0.1) is 39.9 Å². The van der Waals surface area contributed by atoms with Gasteiger partial charge in [0.2, 0.25) is 0 Å². The van der Waals surface area contributed by atoms with Gasteiger partial charge in [0.1, 0.15) is 22.8 Å². The summed E-state index contributed by atoms with van der Waals surface area (Å²) in [7, 11) is 2.69. The number of phenolic OH excluding ortho intramolecular Hbond substituents is 1. The number of ketones is 2. The van der Waals surface area contributed by atoms with Crippen LogP contribution in [0.15, 0.2) is 53.3 Å². The molecule has 13 nitrogen and oxygen atoms in total. The molecule has 6 atom stereocenters. The van der Waals surface area contributed by atoms with Gasteiger partial charge in [-0.15, -0.1) is 0 Å². The topological polar surface area (TPSA) is 222 Å². The van der Waals surface area contributed by atoms with Gasteiger partial charge in [-0.05, 0) is 50.8 Å². The highest BCUT2D eigenvalue weighted by Crippen LogP contribution is 2.59. The molecule has 0 radical (unpaired) electrons.